The highest BCUT2D eigenvalue weighted by Crippen LogP contribution is 2.19. The lowest BCUT2D eigenvalue weighted by atomic mass is 10.1. The first-order chi connectivity index (χ1) is 10.6. The molecule has 22 heavy (non-hydrogen) atoms. The molecule has 1 atom stereocenters. The van der Waals surface area contributed by atoms with Gasteiger partial charge in [-0.25, -0.2) is 4.39 Å². The van der Waals surface area contributed by atoms with E-state index in [9.17, 15) is 9.18 Å². The van der Waals surface area contributed by atoms with Crippen molar-refractivity contribution in [1.82, 2.24) is 5.32 Å². The Morgan fingerprint density at radius 3 is 2.59 bits per heavy atom. The van der Waals surface area contributed by atoms with Gasteiger partial charge in [0.25, 0.3) is 5.91 Å². The summed E-state index contributed by atoms with van der Waals surface area (Å²) in [5.74, 6) is -0.347. The van der Waals surface area contributed by atoms with Crippen LogP contribution in [-0.2, 0) is 11.3 Å². The smallest absolute Gasteiger partial charge is 0.275 e. The van der Waals surface area contributed by atoms with Crippen LogP contribution in [0.25, 0.3) is 0 Å². The minimum atomic E-state index is -0.281. The van der Waals surface area contributed by atoms with Crippen LogP contribution < -0.4 is 10.6 Å². The summed E-state index contributed by atoms with van der Waals surface area (Å²) in [5.41, 5.74) is 1.88. The van der Waals surface area contributed by atoms with Crippen LogP contribution >= 0.6 is 11.6 Å². The summed E-state index contributed by atoms with van der Waals surface area (Å²) in [6.45, 7) is 2.72. The number of nitrogens with one attached hydrogen (secondary N) is 1. The fourth-order valence-electron chi connectivity index (χ4n) is 2.13. The van der Waals surface area contributed by atoms with E-state index in [2.05, 4.69) is 5.32 Å². The predicted molar refractivity (Wildman–Crippen MR) is 84.9 cm³/mol. The second-order valence-electron chi connectivity index (χ2n) is 5.15. The molecule has 0 aromatic heterocycles. The molecular formula is C17H19ClFN2O+. The van der Waals surface area contributed by atoms with Crippen LogP contribution in [0.5, 0.6) is 0 Å². The summed E-state index contributed by atoms with van der Waals surface area (Å²) in [6.07, 6.45) is 0. The average molecular weight is 322 g/mol. The molecule has 0 aliphatic rings. The van der Waals surface area contributed by atoms with E-state index in [1.807, 2.05) is 36.5 Å². The second kappa shape index (κ2) is 7.92. The number of amides is 1. The molecule has 0 heterocycles. The minimum Gasteiger partial charge on any atom is -0.347 e. The number of nitrogens with two attached hydrogens (primary N) is 1. The second-order valence-corrected chi connectivity index (χ2v) is 5.56. The molecule has 0 spiro atoms. The van der Waals surface area contributed by atoms with Crippen molar-refractivity contribution in [3.8, 4) is 0 Å². The number of hydrogen-bond acceptors (Lipinski definition) is 1. The normalized spacial score (nSPS) is 12.0. The van der Waals surface area contributed by atoms with E-state index in [-0.39, 0.29) is 17.8 Å². The number of halogens is 2. The fourth-order valence-corrected chi connectivity index (χ4v) is 2.44. The first kappa shape index (κ1) is 16.5. The summed E-state index contributed by atoms with van der Waals surface area (Å²) in [7, 11) is 0. The van der Waals surface area contributed by atoms with Gasteiger partial charge in [0.15, 0.2) is 6.54 Å². The maximum atomic E-state index is 12.8. The van der Waals surface area contributed by atoms with E-state index in [1.54, 1.807) is 12.1 Å². The number of carbonyl (C=O) groups excluding carboxylic acids is 1. The van der Waals surface area contributed by atoms with Crippen molar-refractivity contribution in [2.24, 2.45) is 0 Å². The van der Waals surface area contributed by atoms with Crippen LogP contribution in [0, 0.1) is 5.82 Å². The van der Waals surface area contributed by atoms with Crippen molar-refractivity contribution < 1.29 is 14.5 Å². The van der Waals surface area contributed by atoms with E-state index in [0.717, 1.165) is 11.1 Å². The van der Waals surface area contributed by atoms with Crippen LogP contribution in [0.4, 0.5) is 4.39 Å². The van der Waals surface area contributed by atoms with E-state index < -0.39 is 0 Å². The van der Waals surface area contributed by atoms with E-state index in [1.165, 1.54) is 12.1 Å². The van der Waals surface area contributed by atoms with Crippen LogP contribution in [0.15, 0.2) is 48.5 Å². The van der Waals surface area contributed by atoms with Gasteiger partial charge in [0, 0.05) is 17.1 Å². The number of hydrogen-bond donors (Lipinski definition) is 2. The van der Waals surface area contributed by atoms with Crippen LogP contribution in [0.2, 0.25) is 5.02 Å². The molecule has 0 fully saturated rings. The minimum absolute atomic E-state index is 0.0665. The van der Waals surface area contributed by atoms with Crippen molar-refractivity contribution in [3.63, 3.8) is 0 Å². The van der Waals surface area contributed by atoms with Crippen molar-refractivity contribution in [2.75, 3.05) is 6.54 Å². The zero-order chi connectivity index (χ0) is 15.9. The van der Waals surface area contributed by atoms with Crippen LogP contribution in [0.3, 0.4) is 0 Å². The van der Waals surface area contributed by atoms with Gasteiger partial charge in [-0.1, -0.05) is 41.9 Å². The Hall–Kier alpha value is -1.91. The third-order valence-corrected chi connectivity index (χ3v) is 3.80. The Morgan fingerprint density at radius 1 is 1.23 bits per heavy atom. The number of carbonyl (C=O) groups is 1. The molecule has 0 bridgehead atoms. The molecule has 0 unspecified atom stereocenters. The third-order valence-electron chi connectivity index (χ3n) is 3.46. The van der Waals surface area contributed by atoms with E-state index >= 15 is 0 Å². The molecule has 2 aromatic rings. The van der Waals surface area contributed by atoms with Gasteiger partial charge in [-0.05, 0) is 30.7 Å². The molecule has 2 aromatic carbocycles. The first-order valence-corrected chi connectivity index (χ1v) is 7.53. The monoisotopic (exact) mass is 321 g/mol. The Balaban J connectivity index is 1.78. The highest BCUT2D eigenvalue weighted by molar-refractivity contribution is 6.31. The molecular weight excluding hydrogens is 303 g/mol. The molecule has 1 amide bonds. The SMILES string of the molecule is C[C@H]([NH2+]CC(=O)NCc1ccc(F)cc1)c1ccccc1Cl. The van der Waals surface area contributed by atoms with Crippen molar-refractivity contribution in [1.29, 1.82) is 0 Å². The van der Waals surface area contributed by atoms with Gasteiger partial charge in [-0.3, -0.25) is 4.79 Å². The Bertz CT molecular complexity index is 631. The summed E-state index contributed by atoms with van der Waals surface area (Å²) in [6, 6.07) is 13.8. The molecule has 116 valence electrons. The van der Waals surface area contributed by atoms with Crippen molar-refractivity contribution >= 4 is 17.5 Å². The lowest BCUT2D eigenvalue weighted by molar-refractivity contribution is -0.682. The van der Waals surface area contributed by atoms with Gasteiger partial charge in [-0.2, -0.15) is 0 Å². The lowest BCUT2D eigenvalue weighted by Crippen LogP contribution is -2.87. The molecule has 3 N–H and O–H groups in total. The standard InChI is InChI=1S/C17H18ClFN2O/c1-12(15-4-2-3-5-16(15)18)20-11-17(22)21-10-13-6-8-14(19)9-7-13/h2-9,12,20H,10-11H2,1H3,(H,21,22)/p+1/t12-/m0/s1. The maximum Gasteiger partial charge on any atom is 0.275 e. The molecule has 0 aliphatic heterocycles. The van der Waals surface area contributed by atoms with Gasteiger partial charge in [0.1, 0.15) is 11.9 Å². The molecule has 2 rings (SSSR count). The Labute approximate surface area is 134 Å². The number of benzene rings is 2. The van der Waals surface area contributed by atoms with Gasteiger partial charge in [0.2, 0.25) is 0 Å². The maximum absolute atomic E-state index is 12.8. The Morgan fingerprint density at radius 2 is 1.91 bits per heavy atom. The van der Waals surface area contributed by atoms with Gasteiger partial charge < -0.3 is 10.6 Å². The van der Waals surface area contributed by atoms with E-state index in [0.29, 0.717) is 18.1 Å². The molecule has 5 heteroatoms. The van der Waals surface area contributed by atoms with Crippen LogP contribution in [0.1, 0.15) is 24.1 Å². The number of quaternary nitrogens is 1. The molecule has 0 saturated carbocycles. The highest BCUT2D eigenvalue weighted by atomic mass is 35.5. The predicted octanol–water partition coefficient (Wildman–Crippen LogP) is 2.42. The van der Waals surface area contributed by atoms with Gasteiger partial charge >= 0.3 is 0 Å². The van der Waals surface area contributed by atoms with Crippen molar-refractivity contribution in [3.05, 3.63) is 70.5 Å². The lowest BCUT2D eigenvalue weighted by Gasteiger charge is -2.12. The molecule has 3 nitrogen and oxygen atoms in total. The molecule has 0 saturated heterocycles. The quantitative estimate of drug-likeness (QED) is 0.843. The average Bonchev–Trinajstić information content (AvgIpc) is 2.52. The van der Waals surface area contributed by atoms with Crippen molar-refractivity contribution in [2.45, 2.75) is 19.5 Å². The van der Waals surface area contributed by atoms with Gasteiger partial charge in [0.05, 0.1) is 0 Å². The summed E-state index contributed by atoms with van der Waals surface area (Å²) in [4.78, 5) is 11.9. The van der Waals surface area contributed by atoms with Crippen LogP contribution in [-0.4, -0.2) is 12.5 Å². The largest absolute Gasteiger partial charge is 0.347 e. The zero-order valence-electron chi connectivity index (χ0n) is 12.4. The Kier molecular flexibility index (Phi) is 5.92. The fraction of sp³-hybridized carbons (Fsp3) is 0.235. The molecule has 0 aliphatic carbocycles. The van der Waals surface area contributed by atoms with Gasteiger partial charge in [-0.15, -0.1) is 0 Å². The van der Waals surface area contributed by atoms with E-state index in [4.69, 9.17) is 11.6 Å². The summed E-state index contributed by atoms with van der Waals surface area (Å²) < 4.78 is 12.8. The topological polar surface area (TPSA) is 45.7 Å². The third kappa shape index (κ3) is 4.83. The highest BCUT2D eigenvalue weighted by Gasteiger charge is 2.13. The number of rotatable bonds is 6. The zero-order valence-corrected chi connectivity index (χ0v) is 13.1. The summed E-state index contributed by atoms with van der Waals surface area (Å²) in [5, 5.41) is 5.45. The first-order valence-electron chi connectivity index (χ1n) is 7.15. The summed E-state index contributed by atoms with van der Waals surface area (Å²) >= 11 is 6.14. The molecule has 0 radical (unpaired) electrons.